The lowest BCUT2D eigenvalue weighted by Gasteiger charge is -2.07. The van der Waals surface area contributed by atoms with Gasteiger partial charge in [-0.3, -0.25) is 5.41 Å². The summed E-state index contributed by atoms with van der Waals surface area (Å²) >= 11 is 6.06. The smallest absolute Gasteiger partial charge is 0.122 e. The van der Waals surface area contributed by atoms with Crippen LogP contribution in [0.3, 0.4) is 0 Å². The number of rotatable bonds is 7. The molecule has 5 heteroatoms. The fourth-order valence-corrected chi connectivity index (χ4v) is 1.55. The average molecular weight is 257 g/mol. The lowest BCUT2D eigenvalue weighted by Crippen LogP contribution is -2.11. The molecule has 0 aromatic heterocycles. The number of halogens is 1. The van der Waals surface area contributed by atoms with Crippen LogP contribution in [0.5, 0.6) is 0 Å². The van der Waals surface area contributed by atoms with Crippen LogP contribution in [0.25, 0.3) is 0 Å². The Hall–Kier alpha value is -1.10. The SMILES string of the molecule is COCCCOCc1ccc(C(=N)N)cc1Cl. The van der Waals surface area contributed by atoms with E-state index in [1.54, 1.807) is 19.2 Å². The van der Waals surface area contributed by atoms with Crippen molar-refractivity contribution in [2.45, 2.75) is 13.0 Å². The highest BCUT2D eigenvalue weighted by Gasteiger charge is 2.03. The highest BCUT2D eigenvalue weighted by Crippen LogP contribution is 2.18. The monoisotopic (exact) mass is 256 g/mol. The van der Waals surface area contributed by atoms with Crippen LogP contribution < -0.4 is 5.73 Å². The van der Waals surface area contributed by atoms with Crippen molar-refractivity contribution in [3.63, 3.8) is 0 Å². The summed E-state index contributed by atoms with van der Waals surface area (Å²) in [7, 11) is 1.66. The van der Waals surface area contributed by atoms with Gasteiger partial charge in [-0.05, 0) is 18.1 Å². The molecule has 4 nitrogen and oxygen atoms in total. The van der Waals surface area contributed by atoms with Crippen molar-refractivity contribution in [3.05, 3.63) is 34.3 Å². The van der Waals surface area contributed by atoms with Gasteiger partial charge >= 0.3 is 0 Å². The van der Waals surface area contributed by atoms with Crippen molar-refractivity contribution < 1.29 is 9.47 Å². The zero-order chi connectivity index (χ0) is 12.7. The topological polar surface area (TPSA) is 68.3 Å². The van der Waals surface area contributed by atoms with Gasteiger partial charge in [0.05, 0.1) is 6.61 Å². The number of methoxy groups -OCH3 is 1. The van der Waals surface area contributed by atoms with Crippen LogP contribution in [0.15, 0.2) is 18.2 Å². The minimum absolute atomic E-state index is 0.0134. The molecule has 0 amide bonds. The molecule has 0 bridgehead atoms. The summed E-state index contributed by atoms with van der Waals surface area (Å²) in [4.78, 5) is 0. The summed E-state index contributed by atoms with van der Waals surface area (Å²) in [6.07, 6.45) is 0.861. The van der Waals surface area contributed by atoms with Crippen molar-refractivity contribution in [1.29, 1.82) is 5.41 Å². The molecular formula is C12H17ClN2O2. The van der Waals surface area contributed by atoms with E-state index in [1.807, 2.05) is 6.07 Å². The maximum atomic E-state index is 7.29. The normalized spacial score (nSPS) is 10.5. The third-order valence-corrected chi connectivity index (χ3v) is 2.61. The molecule has 0 aliphatic rings. The summed E-state index contributed by atoms with van der Waals surface area (Å²) in [5.74, 6) is 0.0134. The van der Waals surface area contributed by atoms with E-state index in [1.165, 1.54) is 0 Å². The summed E-state index contributed by atoms with van der Waals surface area (Å²) in [5, 5.41) is 7.86. The van der Waals surface area contributed by atoms with E-state index in [4.69, 9.17) is 32.2 Å². The van der Waals surface area contributed by atoms with Crippen LogP contribution in [0.2, 0.25) is 5.02 Å². The Morgan fingerprint density at radius 3 is 2.76 bits per heavy atom. The van der Waals surface area contributed by atoms with E-state index in [0.29, 0.717) is 30.4 Å². The van der Waals surface area contributed by atoms with E-state index < -0.39 is 0 Å². The molecular weight excluding hydrogens is 240 g/mol. The lowest BCUT2D eigenvalue weighted by molar-refractivity contribution is 0.0929. The van der Waals surface area contributed by atoms with Crippen molar-refractivity contribution in [2.24, 2.45) is 5.73 Å². The van der Waals surface area contributed by atoms with Gasteiger partial charge in [0.15, 0.2) is 0 Å². The van der Waals surface area contributed by atoms with E-state index in [0.717, 1.165) is 12.0 Å². The lowest BCUT2D eigenvalue weighted by atomic mass is 10.1. The fourth-order valence-electron chi connectivity index (χ4n) is 1.32. The molecule has 3 N–H and O–H groups in total. The van der Waals surface area contributed by atoms with Gasteiger partial charge in [0.25, 0.3) is 0 Å². The maximum absolute atomic E-state index is 7.29. The second kappa shape index (κ2) is 7.27. The Bertz CT molecular complexity index is 383. The van der Waals surface area contributed by atoms with Gasteiger partial charge in [-0.15, -0.1) is 0 Å². The molecule has 94 valence electrons. The number of ether oxygens (including phenoxy) is 2. The van der Waals surface area contributed by atoms with Gasteiger partial charge in [0.1, 0.15) is 5.84 Å². The van der Waals surface area contributed by atoms with Crippen molar-refractivity contribution in [2.75, 3.05) is 20.3 Å². The van der Waals surface area contributed by atoms with Gasteiger partial charge in [0.2, 0.25) is 0 Å². The van der Waals surface area contributed by atoms with Gasteiger partial charge in [-0.1, -0.05) is 23.7 Å². The van der Waals surface area contributed by atoms with Gasteiger partial charge in [0, 0.05) is 30.9 Å². The zero-order valence-corrected chi connectivity index (χ0v) is 10.6. The van der Waals surface area contributed by atoms with E-state index >= 15 is 0 Å². The standard InChI is InChI=1S/C12H17ClN2O2/c1-16-5-2-6-17-8-10-4-3-9(12(14)15)7-11(10)13/h3-4,7H,2,5-6,8H2,1H3,(H3,14,15). The zero-order valence-electron chi connectivity index (χ0n) is 9.83. The molecule has 0 spiro atoms. The first-order valence-electron chi connectivity index (χ1n) is 5.34. The van der Waals surface area contributed by atoms with Crippen LogP contribution in [0.4, 0.5) is 0 Å². The van der Waals surface area contributed by atoms with E-state index in [-0.39, 0.29) is 5.84 Å². The second-order valence-electron chi connectivity index (χ2n) is 3.62. The molecule has 0 heterocycles. The molecule has 0 aliphatic carbocycles. The molecule has 0 saturated heterocycles. The fraction of sp³-hybridized carbons (Fsp3) is 0.417. The highest BCUT2D eigenvalue weighted by atomic mass is 35.5. The van der Waals surface area contributed by atoms with Crippen LogP contribution in [0.1, 0.15) is 17.5 Å². The second-order valence-corrected chi connectivity index (χ2v) is 4.03. The Labute approximate surface area is 106 Å². The summed E-state index contributed by atoms with van der Waals surface area (Å²) in [6.45, 7) is 1.79. The minimum Gasteiger partial charge on any atom is -0.385 e. The van der Waals surface area contributed by atoms with Crippen LogP contribution in [-0.2, 0) is 16.1 Å². The predicted molar refractivity (Wildman–Crippen MR) is 68.6 cm³/mol. The molecule has 0 atom stereocenters. The first-order valence-corrected chi connectivity index (χ1v) is 5.72. The Balaban J connectivity index is 2.46. The largest absolute Gasteiger partial charge is 0.385 e. The summed E-state index contributed by atoms with van der Waals surface area (Å²) in [5.41, 5.74) is 6.89. The van der Waals surface area contributed by atoms with Crippen LogP contribution in [0, 0.1) is 5.41 Å². The van der Waals surface area contributed by atoms with Crippen LogP contribution >= 0.6 is 11.6 Å². The highest BCUT2D eigenvalue weighted by molar-refractivity contribution is 6.31. The molecule has 1 aromatic rings. The van der Waals surface area contributed by atoms with E-state index in [2.05, 4.69) is 0 Å². The average Bonchev–Trinajstić information content (AvgIpc) is 2.30. The number of nitrogen functional groups attached to an aromatic ring is 1. The van der Waals surface area contributed by atoms with Crippen molar-refractivity contribution in [1.82, 2.24) is 0 Å². The first kappa shape index (κ1) is 14.0. The molecule has 1 aromatic carbocycles. The summed E-state index contributed by atoms with van der Waals surface area (Å²) < 4.78 is 10.4. The molecule has 0 fully saturated rings. The third kappa shape index (κ3) is 4.73. The number of hydrogen-bond acceptors (Lipinski definition) is 3. The molecule has 0 saturated carbocycles. The first-order chi connectivity index (χ1) is 8.15. The number of amidine groups is 1. The molecule has 17 heavy (non-hydrogen) atoms. The van der Waals surface area contributed by atoms with Crippen molar-refractivity contribution >= 4 is 17.4 Å². The Morgan fingerprint density at radius 2 is 2.18 bits per heavy atom. The van der Waals surface area contributed by atoms with Crippen molar-refractivity contribution in [3.8, 4) is 0 Å². The minimum atomic E-state index is 0.0134. The van der Waals surface area contributed by atoms with Gasteiger partial charge < -0.3 is 15.2 Å². The van der Waals surface area contributed by atoms with E-state index in [9.17, 15) is 0 Å². The number of nitrogens with one attached hydrogen (secondary N) is 1. The quantitative estimate of drug-likeness (QED) is 0.446. The van der Waals surface area contributed by atoms with Crippen LogP contribution in [-0.4, -0.2) is 26.2 Å². The molecule has 0 aliphatic heterocycles. The van der Waals surface area contributed by atoms with Gasteiger partial charge in [-0.25, -0.2) is 0 Å². The molecule has 1 rings (SSSR count). The summed E-state index contributed by atoms with van der Waals surface area (Å²) in [6, 6.07) is 5.27. The molecule has 0 radical (unpaired) electrons. The maximum Gasteiger partial charge on any atom is 0.122 e. The number of nitrogens with two attached hydrogens (primary N) is 1. The number of benzene rings is 1. The third-order valence-electron chi connectivity index (χ3n) is 2.26. The molecule has 0 unspecified atom stereocenters. The Kier molecular flexibility index (Phi) is 5.97. The predicted octanol–water partition coefficient (Wildman–Crippen LogP) is 2.18. The number of hydrogen-bond donors (Lipinski definition) is 2. The van der Waals surface area contributed by atoms with Gasteiger partial charge in [-0.2, -0.15) is 0 Å². The Morgan fingerprint density at radius 1 is 1.41 bits per heavy atom.